The minimum absolute atomic E-state index is 0.00414. The third-order valence-electron chi connectivity index (χ3n) is 6.57. The number of carbonyl (C=O) groups excluding carboxylic acids is 1. The minimum Gasteiger partial charge on any atom is -0.405 e. The van der Waals surface area contributed by atoms with Crippen molar-refractivity contribution in [2.75, 3.05) is 25.8 Å². The SMILES string of the molecule is CC[C@@H]1CC(=O)N(COCCCl)[C@@H]1CO[Si](c1ccccc1)(c1ccccc1)C(C)(C)C. The topological polar surface area (TPSA) is 38.8 Å². The molecule has 0 aromatic heterocycles. The summed E-state index contributed by atoms with van der Waals surface area (Å²) in [7, 11) is -2.65. The van der Waals surface area contributed by atoms with Crippen LogP contribution in [0, 0.1) is 5.92 Å². The molecule has 2 atom stereocenters. The molecular formula is C26H36ClNO3Si. The van der Waals surface area contributed by atoms with E-state index in [9.17, 15) is 4.79 Å². The Morgan fingerprint density at radius 2 is 1.59 bits per heavy atom. The third kappa shape index (κ3) is 5.12. The zero-order valence-corrected chi connectivity index (χ0v) is 21.5. The van der Waals surface area contributed by atoms with Gasteiger partial charge in [-0.2, -0.15) is 0 Å². The number of rotatable bonds is 10. The van der Waals surface area contributed by atoms with Gasteiger partial charge in [-0.1, -0.05) is 94.8 Å². The van der Waals surface area contributed by atoms with Crippen LogP contribution in [0.25, 0.3) is 0 Å². The fourth-order valence-corrected chi connectivity index (χ4v) is 9.60. The van der Waals surface area contributed by atoms with Crippen molar-refractivity contribution in [3.8, 4) is 0 Å². The first-order valence-electron chi connectivity index (χ1n) is 11.5. The number of nitrogens with zero attached hydrogens (tertiary/aromatic N) is 1. The number of halogens is 1. The molecule has 0 spiro atoms. The second kappa shape index (κ2) is 11.0. The molecule has 1 fully saturated rings. The molecule has 1 aliphatic heterocycles. The number of amides is 1. The Hall–Kier alpha value is -1.66. The maximum atomic E-state index is 12.8. The van der Waals surface area contributed by atoms with Gasteiger partial charge in [0.05, 0.1) is 19.3 Å². The van der Waals surface area contributed by atoms with Gasteiger partial charge < -0.3 is 14.1 Å². The van der Waals surface area contributed by atoms with Crippen molar-refractivity contribution in [2.24, 2.45) is 5.92 Å². The van der Waals surface area contributed by atoms with E-state index in [2.05, 4.69) is 88.4 Å². The summed E-state index contributed by atoms with van der Waals surface area (Å²) in [6.07, 6.45) is 1.49. The van der Waals surface area contributed by atoms with Gasteiger partial charge >= 0.3 is 0 Å². The molecule has 2 aromatic carbocycles. The van der Waals surface area contributed by atoms with E-state index < -0.39 is 8.32 Å². The van der Waals surface area contributed by atoms with Crippen LogP contribution in [0.4, 0.5) is 0 Å². The standard InChI is InChI=1S/C26H36ClNO3Si/c1-5-21-18-25(29)28(20-30-17-16-27)24(21)19-31-32(26(2,3)4,22-12-8-6-9-13-22)23-14-10-7-11-15-23/h6-15,21,24H,5,16-20H2,1-4H3/t21-,24-/m1/s1. The monoisotopic (exact) mass is 473 g/mol. The summed E-state index contributed by atoms with van der Waals surface area (Å²) >= 11 is 5.77. The highest BCUT2D eigenvalue weighted by molar-refractivity contribution is 6.99. The molecule has 0 saturated carbocycles. The summed E-state index contributed by atoms with van der Waals surface area (Å²) in [6.45, 7) is 10.2. The lowest BCUT2D eigenvalue weighted by molar-refractivity contribution is -0.135. The summed E-state index contributed by atoms with van der Waals surface area (Å²) in [5.74, 6) is 0.824. The van der Waals surface area contributed by atoms with Crippen LogP contribution in [-0.2, 0) is 14.0 Å². The molecule has 2 aromatic rings. The van der Waals surface area contributed by atoms with Gasteiger partial charge in [0.2, 0.25) is 5.91 Å². The number of benzene rings is 2. The van der Waals surface area contributed by atoms with Crippen molar-refractivity contribution in [3.63, 3.8) is 0 Å². The smallest absolute Gasteiger partial charge is 0.261 e. The Morgan fingerprint density at radius 1 is 1.03 bits per heavy atom. The zero-order valence-electron chi connectivity index (χ0n) is 19.7. The van der Waals surface area contributed by atoms with Crippen LogP contribution >= 0.6 is 11.6 Å². The summed E-state index contributed by atoms with van der Waals surface area (Å²) in [5.41, 5.74) is 0. The first-order chi connectivity index (χ1) is 15.3. The molecule has 4 nitrogen and oxygen atoms in total. The summed E-state index contributed by atoms with van der Waals surface area (Å²) in [5, 5.41) is 2.40. The number of carbonyl (C=O) groups is 1. The highest BCUT2D eigenvalue weighted by atomic mass is 35.5. The Bertz CT molecular complexity index is 817. The molecular weight excluding hydrogens is 438 g/mol. The van der Waals surface area contributed by atoms with Gasteiger partial charge in [0.15, 0.2) is 0 Å². The highest BCUT2D eigenvalue weighted by Gasteiger charge is 2.51. The normalized spacial score (nSPS) is 19.5. The van der Waals surface area contributed by atoms with Crippen LogP contribution < -0.4 is 10.4 Å². The summed E-state index contributed by atoms with van der Waals surface area (Å²) in [4.78, 5) is 14.6. The van der Waals surface area contributed by atoms with Crippen molar-refractivity contribution in [2.45, 2.75) is 51.6 Å². The molecule has 1 amide bonds. The van der Waals surface area contributed by atoms with Crippen LogP contribution in [0.2, 0.25) is 5.04 Å². The molecule has 1 aliphatic rings. The molecule has 0 unspecified atom stereocenters. The fourth-order valence-electron chi connectivity index (χ4n) is 4.92. The quantitative estimate of drug-likeness (QED) is 0.291. The summed E-state index contributed by atoms with van der Waals surface area (Å²) in [6, 6.07) is 21.3. The number of hydrogen-bond donors (Lipinski definition) is 0. The van der Waals surface area contributed by atoms with Crippen molar-refractivity contribution in [3.05, 3.63) is 60.7 Å². The van der Waals surface area contributed by atoms with Crippen LogP contribution in [-0.4, -0.2) is 51.0 Å². The number of alkyl halides is 1. The Kier molecular flexibility index (Phi) is 8.56. The molecule has 6 heteroatoms. The fraction of sp³-hybridized carbons (Fsp3) is 0.500. The molecule has 32 heavy (non-hydrogen) atoms. The first-order valence-corrected chi connectivity index (χ1v) is 14.0. The largest absolute Gasteiger partial charge is 0.405 e. The van der Waals surface area contributed by atoms with E-state index in [4.69, 9.17) is 20.8 Å². The van der Waals surface area contributed by atoms with Gasteiger partial charge in [-0.3, -0.25) is 4.79 Å². The number of likely N-dealkylation sites (tertiary alicyclic amines) is 1. The molecule has 0 radical (unpaired) electrons. The van der Waals surface area contributed by atoms with Crippen molar-refractivity contribution in [1.82, 2.24) is 4.90 Å². The molecule has 174 valence electrons. The average molecular weight is 474 g/mol. The van der Waals surface area contributed by atoms with Gasteiger partial charge in [-0.05, 0) is 21.3 Å². The van der Waals surface area contributed by atoms with E-state index in [0.717, 1.165) is 6.42 Å². The van der Waals surface area contributed by atoms with Crippen molar-refractivity contribution < 1.29 is 14.0 Å². The summed E-state index contributed by atoms with van der Waals surface area (Å²) < 4.78 is 12.8. The zero-order chi connectivity index (χ0) is 23.2. The van der Waals surface area contributed by atoms with Gasteiger partial charge in [0.1, 0.15) is 6.73 Å². The van der Waals surface area contributed by atoms with Crippen molar-refractivity contribution >= 4 is 36.2 Å². The van der Waals surface area contributed by atoms with Gasteiger partial charge in [-0.25, -0.2) is 0 Å². The van der Waals surface area contributed by atoms with Gasteiger partial charge in [-0.15, -0.1) is 11.6 Å². The molecule has 0 aliphatic carbocycles. The first kappa shape index (κ1) is 25.0. The lowest BCUT2D eigenvalue weighted by Crippen LogP contribution is -2.67. The second-order valence-corrected chi connectivity index (χ2v) is 14.2. The predicted octanol–water partition coefficient (Wildman–Crippen LogP) is 4.40. The van der Waals surface area contributed by atoms with Gasteiger partial charge in [0.25, 0.3) is 8.32 Å². The number of hydrogen-bond acceptors (Lipinski definition) is 3. The van der Waals surface area contributed by atoms with Gasteiger partial charge in [0, 0.05) is 12.3 Å². The molecule has 1 saturated heterocycles. The van der Waals surface area contributed by atoms with Crippen molar-refractivity contribution in [1.29, 1.82) is 0 Å². The maximum absolute atomic E-state index is 12.8. The van der Waals surface area contributed by atoms with E-state index in [1.54, 1.807) is 0 Å². The Balaban J connectivity index is 1.98. The van der Waals surface area contributed by atoms with E-state index in [1.165, 1.54) is 10.4 Å². The van der Waals surface area contributed by atoms with Crippen LogP contribution in [0.5, 0.6) is 0 Å². The Morgan fingerprint density at radius 3 is 2.06 bits per heavy atom. The van der Waals surface area contributed by atoms with E-state index >= 15 is 0 Å². The number of ether oxygens (including phenoxy) is 1. The van der Waals surface area contributed by atoms with Crippen LogP contribution in [0.1, 0.15) is 40.5 Å². The minimum atomic E-state index is -2.65. The lowest BCUT2D eigenvalue weighted by atomic mass is 9.98. The molecule has 0 bridgehead atoms. The molecule has 1 heterocycles. The maximum Gasteiger partial charge on any atom is 0.261 e. The predicted molar refractivity (Wildman–Crippen MR) is 134 cm³/mol. The molecule has 3 rings (SSSR count). The van der Waals surface area contributed by atoms with Crippen LogP contribution in [0.3, 0.4) is 0 Å². The van der Waals surface area contributed by atoms with Crippen LogP contribution in [0.15, 0.2) is 60.7 Å². The van der Waals surface area contributed by atoms with E-state index in [1.807, 2.05) is 4.90 Å². The second-order valence-electron chi connectivity index (χ2n) is 9.50. The average Bonchev–Trinajstić information content (AvgIpc) is 3.09. The Labute approximate surface area is 199 Å². The molecule has 0 N–H and O–H groups in total. The van der Waals surface area contributed by atoms with E-state index in [-0.39, 0.29) is 29.6 Å². The highest BCUT2D eigenvalue weighted by Crippen LogP contribution is 2.38. The lowest BCUT2D eigenvalue weighted by Gasteiger charge is -2.44. The third-order valence-corrected chi connectivity index (χ3v) is 11.7. The van der Waals surface area contributed by atoms with E-state index in [0.29, 0.717) is 25.5 Å².